The van der Waals surface area contributed by atoms with E-state index in [2.05, 4.69) is 21.7 Å². The first kappa shape index (κ1) is 21.5. The Morgan fingerprint density at radius 3 is 2.92 bits per heavy atom. The van der Waals surface area contributed by atoms with Crippen LogP contribution in [0.4, 0.5) is 0 Å². The van der Waals surface area contributed by atoms with Crippen LogP contribution in [0.5, 0.6) is 5.75 Å². The molecule has 1 aromatic carbocycles. The van der Waals surface area contributed by atoms with Crippen LogP contribution in [-0.2, 0) is 11.2 Å². The first-order valence-electron chi connectivity index (χ1n) is 8.54. The summed E-state index contributed by atoms with van der Waals surface area (Å²) in [5, 5.41) is 6.74. The van der Waals surface area contributed by atoms with E-state index < -0.39 is 0 Å². The summed E-state index contributed by atoms with van der Waals surface area (Å²) in [6.45, 7) is 4.27. The topological polar surface area (TPSA) is 66.0 Å². The van der Waals surface area contributed by atoms with Gasteiger partial charge in [0.2, 0.25) is 5.91 Å². The maximum Gasteiger partial charge on any atom is 0.222 e. The fourth-order valence-electron chi connectivity index (χ4n) is 2.87. The number of ether oxygens (including phenoxy) is 1. The third-order valence-corrected chi connectivity index (χ3v) is 4.25. The average Bonchev–Trinajstić information content (AvgIpc) is 3.09. The minimum atomic E-state index is 0. The van der Waals surface area contributed by atoms with Gasteiger partial charge < -0.3 is 20.3 Å². The van der Waals surface area contributed by atoms with Crippen molar-refractivity contribution in [3.8, 4) is 5.75 Å². The van der Waals surface area contributed by atoms with Crippen molar-refractivity contribution in [1.29, 1.82) is 0 Å². The molecule has 1 atom stereocenters. The zero-order chi connectivity index (χ0) is 17.4. The number of guanidine groups is 1. The largest absolute Gasteiger partial charge is 0.497 e. The number of methoxy groups -OCH3 is 1. The zero-order valence-electron chi connectivity index (χ0n) is 15.2. The quantitative estimate of drug-likeness (QED) is 0.388. The lowest BCUT2D eigenvalue weighted by Crippen LogP contribution is -2.45. The molecule has 0 spiro atoms. The molecule has 1 amide bonds. The van der Waals surface area contributed by atoms with Crippen LogP contribution in [0.25, 0.3) is 0 Å². The van der Waals surface area contributed by atoms with Gasteiger partial charge in [0.05, 0.1) is 7.11 Å². The predicted molar refractivity (Wildman–Crippen MR) is 112 cm³/mol. The molecule has 7 heteroatoms. The molecule has 1 aromatic rings. The molecule has 1 aliphatic rings. The van der Waals surface area contributed by atoms with Gasteiger partial charge in [0.15, 0.2) is 5.96 Å². The van der Waals surface area contributed by atoms with E-state index in [1.54, 1.807) is 14.2 Å². The standard InChI is InChI=1S/C18H28N4O2.HI/c1-4-17(23)22-11-9-15(13-22)21-18(19-2)20-10-8-14-6-5-7-16(12-14)24-3;/h5-7,12,15H,4,8-11,13H2,1-3H3,(H2,19,20,21);1H. The maximum absolute atomic E-state index is 11.7. The summed E-state index contributed by atoms with van der Waals surface area (Å²) in [5.41, 5.74) is 1.22. The summed E-state index contributed by atoms with van der Waals surface area (Å²) < 4.78 is 5.24. The Balaban J connectivity index is 0.00000312. The monoisotopic (exact) mass is 460 g/mol. The second-order valence-corrected chi connectivity index (χ2v) is 5.92. The fourth-order valence-corrected chi connectivity index (χ4v) is 2.87. The average molecular weight is 460 g/mol. The highest BCUT2D eigenvalue weighted by Gasteiger charge is 2.25. The van der Waals surface area contributed by atoms with Crippen LogP contribution in [0.2, 0.25) is 0 Å². The molecule has 25 heavy (non-hydrogen) atoms. The van der Waals surface area contributed by atoms with Crippen LogP contribution in [0.3, 0.4) is 0 Å². The van der Waals surface area contributed by atoms with Crippen molar-refractivity contribution in [3.05, 3.63) is 29.8 Å². The first-order chi connectivity index (χ1) is 11.7. The third-order valence-electron chi connectivity index (χ3n) is 4.25. The molecule has 2 rings (SSSR count). The minimum absolute atomic E-state index is 0. The number of carbonyl (C=O) groups is 1. The molecule has 1 aliphatic heterocycles. The Bertz CT molecular complexity index is 580. The number of aliphatic imine (C=N–C) groups is 1. The second-order valence-electron chi connectivity index (χ2n) is 5.92. The van der Waals surface area contributed by atoms with E-state index in [4.69, 9.17) is 4.74 Å². The molecule has 0 saturated carbocycles. The summed E-state index contributed by atoms with van der Waals surface area (Å²) >= 11 is 0. The van der Waals surface area contributed by atoms with Crippen molar-refractivity contribution in [2.75, 3.05) is 33.8 Å². The van der Waals surface area contributed by atoms with Gasteiger partial charge in [-0.2, -0.15) is 0 Å². The highest BCUT2D eigenvalue weighted by Crippen LogP contribution is 2.13. The van der Waals surface area contributed by atoms with Gasteiger partial charge in [-0.05, 0) is 30.5 Å². The van der Waals surface area contributed by atoms with E-state index in [-0.39, 0.29) is 35.9 Å². The van der Waals surface area contributed by atoms with Crippen LogP contribution in [0.15, 0.2) is 29.3 Å². The number of amides is 1. The highest BCUT2D eigenvalue weighted by molar-refractivity contribution is 14.0. The molecule has 2 N–H and O–H groups in total. The molecule has 0 bridgehead atoms. The van der Waals surface area contributed by atoms with Crippen LogP contribution in [0.1, 0.15) is 25.3 Å². The number of hydrogen-bond acceptors (Lipinski definition) is 3. The predicted octanol–water partition coefficient (Wildman–Crippen LogP) is 2.03. The third kappa shape index (κ3) is 6.72. The van der Waals surface area contributed by atoms with E-state index in [1.165, 1.54) is 5.56 Å². The Morgan fingerprint density at radius 1 is 1.44 bits per heavy atom. The Morgan fingerprint density at radius 2 is 2.24 bits per heavy atom. The molecule has 0 aromatic heterocycles. The van der Waals surface area contributed by atoms with Crippen molar-refractivity contribution in [2.24, 2.45) is 4.99 Å². The van der Waals surface area contributed by atoms with E-state index in [1.807, 2.05) is 30.0 Å². The van der Waals surface area contributed by atoms with Gasteiger partial charge in [-0.25, -0.2) is 0 Å². The Kier molecular flexibility index (Phi) is 9.62. The Labute approximate surface area is 167 Å². The van der Waals surface area contributed by atoms with Crippen LogP contribution >= 0.6 is 24.0 Å². The van der Waals surface area contributed by atoms with Gasteiger partial charge in [-0.15, -0.1) is 24.0 Å². The number of carbonyl (C=O) groups excluding carboxylic acids is 1. The molecule has 1 unspecified atom stereocenters. The van der Waals surface area contributed by atoms with Crippen molar-refractivity contribution in [3.63, 3.8) is 0 Å². The van der Waals surface area contributed by atoms with Gasteiger partial charge in [-0.3, -0.25) is 9.79 Å². The van der Waals surface area contributed by atoms with Gasteiger partial charge in [0.25, 0.3) is 0 Å². The number of rotatable bonds is 6. The number of hydrogen-bond donors (Lipinski definition) is 2. The number of nitrogens with one attached hydrogen (secondary N) is 2. The van der Waals surface area contributed by atoms with Crippen molar-refractivity contribution < 1.29 is 9.53 Å². The molecule has 140 valence electrons. The molecule has 1 saturated heterocycles. The number of benzene rings is 1. The minimum Gasteiger partial charge on any atom is -0.497 e. The normalized spacial score (nSPS) is 17.0. The van der Waals surface area contributed by atoms with Crippen molar-refractivity contribution in [1.82, 2.24) is 15.5 Å². The summed E-state index contributed by atoms with van der Waals surface area (Å²) in [4.78, 5) is 17.9. The smallest absolute Gasteiger partial charge is 0.222 e. The van der Waals surface area contributed by atoms with Gasteiger partial charge >= 0.3 is 0 Å². The summed E-state index contributed by atoms with van der Waals surface area (Å²) in [7, 11) is 3.45. The molecule has 1 fully saturated rings. The number of likely N-dealkylation sites (tertiary alicyclic amines) is 1. The fraction of sp³-hybridized carbons (Fsp3) is 0.556. The lowest BCUT2D eigenvalue weighted by atomic mass is 10.1. The van der Waals surface area contributed by atoms with E-state index in [0.717, 1.165) is 44.2 Å². The number of halogens is 1. The van der Waals surface area contributed by atoms with Crippen molar-refractivity contribution in [2.45, 2.75) is 32.2 Å². The molecule has 1 heterocycles. The van der Waals surface area contributed by atoms with E-state index in [0.29, 0.717) is 6.42 Å². The summed E-state index contributed by atoms with van der Waals surface area (Å²) in [5.74, 6) is 1.88. The van der Waals surface area contributed by atoms with E-state index in [9.17, 15) is 4.79 Å². The lowest BCUT2D eigenvalue weighted by Gasteiger charge is -2.18. The molecular formula is C18H29IN4O2. The first-order valence-corrected chi connectivity index (χ1v) is 8.54. The van der Waals surface area contributed by atoms with Crippen LogP contribution in [0, 0.1) is 0 Å². The van der Waals surface area contributed by atoms with Crippen LogP contribution < -0.4 is 15.4 Å². The second kappa shape index (κ2) is 11.2. The molecule has 0 radical (unpaired) electrons. The lowest BCUT2D eigenvalue weighted by molar-refractivity contribution is -0.129. The Hall–Kier alpha value is -1.51. The van der Waals surface area contributed by atoms with Gasteiger partial charge in [-0.1, -0.05) is 19.1 Å². The maximum atomic E-state index is 11.7. The number of nitrogens with zero attached hydrogens (tertiary/aromatic N) is 2. The van der Waals surface area contributed by atoms with Crippen molar-refractivity contribution >= 4 is 35.8 Å². The molecule has 0 aliphatic carbocycles. The van der Waals surface area contributed by atoms with E-state index >= 15 is 0 Å². The highest BCUT2D eigenvalue weighted by atomic mass is 127. The molecule has 6 nitrogen and oxygen atoms in total. The SMILES string of the molecule is CCC(=O)N1CCC(NC(=NC)NCCc2cccc(OC)c2)C1.I. The molecular weight excluding hydrogens is 431 g/mol. The zero-order valence-corrected chi connectivity index (χ0v) is 17.6. The summed E-state index contributed by atoms with van der Waals surface area (Å²) in [6.07, 6.45) is 2.42. The van der Waals surface area contributed by atoms with Gasteiger partial charge in [0, 0.05) is 39.1 Å². The van der Waals surface area contributed by atoms with Gasteiger partial charge in [0.1, 0.15) is 5.75 Å². The summed E-state index contributed by atoms with van der Waals surface area (Å²) in [6, 6.07) is 8.35. The van der Waals surface area contributed by atoms with Crippen LogP contribution in [-0.4, -0.2) is 56.6 Å².